The molecule has 0 aliphatic carbocycles. The zero-order chi connectivity index (χ0) is 12.5. The van der Waals surface area contributed by atoms with Crippen molar-refractivity contribution >= 4 is 10.0 Å². The molecule has 1 unspecified atom stereocenters. The lowest BCUT2D eigenvalue weighted by Gasteiger charge is -2.42. The molecule has 1 atom stereocenters. The summed E-state index contributed by atoms with van der Waals surface area (Å²) in [5.41, 5.74) is 0. The number of hydrogen-bond acceptors (Lipinski definition) is 4. The van der Waals surface area contributed by atoms with E-state index < -0.39 is 10.0 Å². The van der Waals surface area contributed by atoms with Crippen molar-refractivity contribution in [3.05, 3.63) is 0 Å². The van der Waals surface area contributed by atoms with E-state index in [2.05, 4.69) is 4.90 Å². The van der Waals surface area contributed by atoms with Gasteiger partial charge in [-0.2, -0.15) is 0 Å². The van der Waals surface area contributed by atoms with Crippen molar-refractivity contribution in [1.29, 1.82) is 0 Å². The van der Waals surface area contributed by atoms with Gasteiger partial charge in [-0.25, -0.2) is 12.7 Å². The molecule has 5 nitrogen and oxygen atoms in total. The van der Waals surface area contributed by atoms with E-state index in [9.17, 15) is 8.42 Å². The van der Waals surface area contributed by atoms with Gasteiger partial charge >= 0.3 is 0 Å². The minimum Gasteiger partial charge on any atom is -0.396 e. The molecule has 6 heteroatoms. The van der Waals surface area contributed by atoms with Gasteiger partial charge < -0.3 is 10.0 Å². The van der Waals surface area contributed by atoms with Gasteiger partial charge in [0.05, 0.1) is 6.26 Å². The molecule has 17 heavy (non-hydrogen) atoms. The zero-order valence-corrected chi connectivity index (χ0v) is 11.2. The van der Waals surface area contributed by atoms with E-state index in [1.54, 1.807) is 4.31 Å². The summed E-state index contributed by atoms with van der Waals surface area (Å²) in [6.45, 7) is 4.52. The first kappa shape index (κ1) is 13.3. The van der Waals surface area contributed by atoms with Crippen LogP contribution in [0.1, 0.15) is 12.8 Å². The molecule has 0 bridgehead atoms. The molecule has 1 N–H and O–H groups in total. The summed E-state index contributed by atoms with van der Waals surface area (Å²) in [6, 6.07) is 0. The molecule has 2 rings (SSSR count). The Morgan fingerprint density at radius 3 is 2.53 bits per heavy atom. The monoisotopic (exact) mass is 262 g/mol. The second-order valence-corrected chi connectivity index (χ2v) is 7.38. The highest BCUT2D eigenvalue weighted by Gasteiger charge is 2.31. The van der Waals surface area contributed by atoms with Crippen molar-refractivity contribution in [2.24, 2.45) is 11.8 Å². The lowest BCUT2D eigenvalue weighted by atomic mass is 9.94. The average Bonchev–Trinajstić information content (AvgIpc) is 2.22. The summed E-state index contributed by atoms with van der Waals surface area (Å²) in [5.74, 6) is 0.891. The van der Waals surface area contributed by atoms with Crippen molar-refractivity contribution < 1.29 is 13.5 Å². The van der Waals surface area contributed by atoms with Crippen LogP contribution in [0.25, 0.3) is 0 Å². The number of aliphatic hydroxyl groups is 1. The Kier molecular flexibility index (Phi) is 4.07. The fourth-order valence-electron chi connectivity index (χ4n) is 2.78. The van der Waals surface area contributed by atoms with Crippen molar-refractivity contribution in [1.82, 2.24) is 9.21 Å². The van der Waals surface area contributed by atoms with Gasteiger partial charge in [-0.05, 0) is 18.8 Å². The van der Waals surface area contributed by atoms with Crippen LogP contribution in [-0.2, 0) is 10.0 Å². The molecular weight excluding hydrogens is 240 g/mol. The van der Waals surface area contributed by atoms with E-state index in [-0.39, 0.29) is 6.61 Å². The number of nitrogens with zero attached hydrogens (tertiary/aromatic N) is 2. The first-order valence-corrected chi connectivity index (χ1v) is 8.12. The fourth-order valence-corrected chi connectivity index (χ4v) is 3.73. The highest BCUT2D eigenvalue weighted by molar-refractivity contribution is 7.88. The number of aliphatic hydroxyl groups excluding tert-OH is 1. The third-order valence-corrected chi connectivity index (χ3v) is 5.03. The zero-order valence-electron chi connectivity index (χ0n) is 10.4. The summed E-state index contributed by atoms with van der Waals surface area (Å²) in [7, 11) is -3.02. The van der Waals surface area contributed by atoms with Gasteiger partial charge in [0.1, 0.15) is 0 Å². The van der Waals surface area contributed by atoms with E-state index in [1.165, 1.54) is 6.26 Å². The smallest absolute Gasteiger partial charge is 0.211 e. The van der Waals surface area contributed by atoms with Gasteiger partial charge in [0.25, 0.3) is 0 Å². The lowest BCUT2D eigenvalue weighted by Crippen LogP contribution is -2.52. The fraction of sp³-hybridized carbons (Fsp3) is 1.00. The molecule has 0 aromatic heterocycles. The van der Waals surface area contributed by atoms with Crippen LogP contribution in [0.3, 0.4) is 0 Å². The summed E-state index contributed by atoms with van der Waals surface area (Å²) in [6.07, 6.45) is 3.38. The number of likely N-dealkylation sites (tertiary alicyclic amines) is 1. The molecule has 2 saturated heterocycles. The molecular formula is C11H22N2O3S. The highest BCUT2D eigenvalue weighted by Crippen LogP contribution is 2.23. The third kappa shape index (κ3) is 3.40. The standard InChI is InChI=1S/C11H22N2O3S/c1-17(15,16)13-4-2-3-10(8-13)5-12-6-11(7-12)9-14/h10-11,14H,2-9H2,1H3. The molecule has 0 amide bonds. The second kappa shape index (κ2) is 5.22. The quantitative estimate of drug-likeness (QED) is 0.748. The minimum atomic E-state index is -3.02. The largest absolute Gasteiger partial charge is 0.396 e. The van der Waals surface area contributed by atoms with Crippen LogP contribution >= 0.6 is 0 Å². The van der Waals surface area contributed by atoms with Gasteiger partial charge in [0.2, 0.25) is 10.0 Å². The minimum absolute atomic E-state index is 0.274. The van der Waals surface area contributed by atoms with Gasteiger partial charge in [0, 0.05) is 45.2 Å². The summed E-state index contributed by atoms with van der Waals surface area (Å²) in [4.78, 5) is 2.32. The first-order valence-electron chi connectivity index (χ1n) is 6.27. The maximum Gasteiger partial charge on any atom is 0.211 e. The summed E-state index contributed by atoms with van der Waals surface area (Å²) >= 11 is 0. The molecule has 2 heterocycles. The van der Waals surface area contributed by atoms with E-state index >= 15 is 0 Å². The number of rotatable bonds is 4. The van der Waals surface area contributed by atoms with Crippen LogP contribution in [0.15, 0.2) is 0 Å². The summed E-state index contributed by atoms with van der Waals surface area (Å²) < 4.78 is 24.6. The van der Waals surface area contributed by atoms with E-state index in [0.717, 1.165) is 32.5 Å². The Morgan fingerprint density at radius 2 is 1.94 bits per heavy atom. The topological polar surface area (TPSA) is 60.9 Å². The van der Waals surface area contributed by atoms with Gasteiger partial charge in [-0.15, -0.1) is 0 Å². The normalized spacial score (nSPS) is 29.2. The molecule has 0 spiro atoms. The van der Waals surface area contributed by atoms with Gasteiger partial charge in [-0.3, -0.25) is 0 Å². The first-order chi connectivity index (χ1) is 7.99. The van der Waals surface area contributed by atoms with Crippen LogP contribution in [0.5, 0.6) is 0 Å². The van der Waals surface area contributed by atoms with Crippen molar-refractivity contribution in [3.63, 3.8) is 0 Å². The van der Waals surface area contributed by atoms with Crippen LogP contribution in [0.2, 0.25) is 0 Å². The van der Waals surface area contributed by atoms with Crippen molar-refractivity contribution in [3.8, 4) is 0 Å². The third-order valence-electron chi connectivity index (χ3n) is 3.76. The Bertz CT molecular complexity index is 352. The molecule has 2 fully saturated rings. The SMILES string of the molecule is CS(=O)(=O)N1CCCC(CN2CC(CO)C2)C1. The molecule has 0 radical (unpaired) electrons. The summed E-state index contributed by atoms with van der Waals surface area (Å²) in [5, 5.41) is 8.94. The van der Waals surface area contributed by atoms with Crippen LogP contribution in [0, 0.1) is 11.8 Å². The van der Waals surface area contributed by atoms with Crippen molar-refractivity contribution in [2.75, 3.05) is 45.6 Å². The van der Waals surface area contributed by atoms with Crippen LogP contribution < -0.4 is 0 Å². The molecule has 0 aromatic rings. The predicted octanol–water partition coefficient (Wildman–Crippen LogP) is -0.418. The molecule has 0 saturated carbocycles. The van der Waals surface area contributed by atoms with Gasteiger partial charge in [0.15, 0.2) is 0 Å². The van der Waals surface area contributed by atoms with E-state index in [0.29, 0.717) is 24.9 Å². The molecule has 2 aliphatic heterocycles. The number of hydrogen-bond donors (Lipinski definition) is 1. The maximum absolute atomic E-state index is 11.5. The molecule has 2 aliphatic rings. The van der Waals surface area contributed by atoms with E-state index in [1.807, 2.05) is 0 Å². The second-order valence-electron chi connectivity index (χ2n) is 5.40. The van der Waals surface area contributed by atoms with Gasteiger partial charge in [-0.1, -0.05) is 0 Å². The van der Waals surface area contributed by atoms with Crippen molar-refractivity contribution in [2.45, 2.75) is 12.8 Å². The average molecular weight is 262 g/mol. The Balaban J connectivity index is 1.79. The van der Waals surface area contributed by atoms with E-state index in [4.69, 9.17) is 5.11 Å². The highest BCUT2D eigenvalue weighted by atomic mass is 32.2. The Hall–Kier alpha value is -0.170. The Labute approximate surface area is 103 Å². The van der Waals surface area contributed by atoms with Crippen LogP contribution in [0.4, 0.5) is 0 Å². The number of sulfonamides is 1. The lowest BCUT2D eigenvalue weighted by molar-refractivity contribution is 0.0345. The molecule has 100 valence electrons. The van der Waals surface area contributed by atoms with Crippen LogP contribution in [-0.4, -0.2) is 68.3 Å². The predicted molar refractivity (Wildman–Crippen MR) is 66.2 cm³/mol. The maximum atomic E-state index is 11.5. The number of piperidine rings is 1. The Morgan fingerprint density at radius 1 is 1.24 bits per heavy atom. The molecule has 0 aromatic carbocycles.